The van der Waals surface area contributed by atoms with Gasteiger partial charge in [0.15, 0.2) is 10.4 Å². The number of nitrogens with zero attached hydrogens (tertiary/aromatic N) is 2. The Hall–Kier alpha value is -1.26. The zero-order valence-electron chi connectivity index (χ0n) is 9.64. The first-order valence-electron chi connectivity index (χ1n) is 5.05. The highest BCUT2D eigenvalue weighted by atomic mass is 79.9. The van der Waals surface area contributed by atoms with Crippen LogP contribution < -0.4 is 10.5 Å². The smallest absolute Gasteiger partial charge is 0.263 e. The van der Waals surface area contributed by atoms with Gasteiger partial charge in [0.05, 0.1) is 16.8 Å². The van der Waals surface area contributed by atoms with E-state index in [1.54, 1.807) is 0 Å². The third-order valence-corrected chi connectivity index (χ3v) is 4.48. The molecule has 1 aromatic heterocycles. The number of nitrogens with one attached hydrogen (secondary N) is 1. The van der Waals surface area contributed by atoms with Gasteiger partial charge < -0.3 is 5.73 Å². The van der Waals surface area contributed by atoms with Crippen molar-refractivity contribution >= 4 is 53.4 Å². The molecule has 0 aliphatic rings. The van der Waals surface area contributed by atoms with Crippen LogP contribution in [0.5, 0.6) is 0 Å². The zero-order chi connectivity index (χ0) is 14.9. The summed E-state index contributed by atoms with van der Waals surface area (Å²) in [5, 5.41) is 0. The standard InChI is InChI=1S/C10H7Br2FN4O2S/c11-8-4-15-10(9(12)16-8)17-20(18,19)5-1-2-6(13)7(14)3-5/h1-4H,14H2,(H,15,17). The number of nitrogen functional groups attached to an aromatic ring is 1. The summed E-state index contributed by atoms with van der Waals surface area (Å²) in [6.45, 7) is 0. The summed E-state index contributed by atoms with van der Waals surface area (Å²) in [4.78, 5) is 7.65. The second-order valence-electron chi connectivity index (χ2n) is 3.62. The molecule has 2 aromatic rings. The van der Waals surface area contributed by atoms with Crippen LogP contribution in [0.15, 0.2) is 38.5 Å². The summed E-state index contributed by atoms with van der Waals surface area (Å²) in [6.07, 6.45) is 1.33. The van der Waals surface area contributed by atoms with Crippen LogP contribution in [0.25, 0.3) is 0 Å². The summed E-state index contributed by atoms with van der Waals surface area (Å²) >= 11 is 6.18. The van der Waals surface area contributed by atoms with Crippen LogP contribution in [0.3, 0.4) is 0 Å². The van der Waals surface area contributed by atoms with Crippen molar-refractivity contribution in [2.24, 2.45) is 0 Å². The summed E-state index contributed by atoms with van der Waals surface area (Å²) < 4.78 is 40.2. The van der Waals surface area contributed by atoms with Crippen molar-refractivity contribution in [2.75, 3.05) is 10.5 Å². The molecule has 0 bridgehead atoms. The van der Waals surface area contributed by atoms with Gasteiger partial charge in [0.2, 0.25) is 0 Å². The predicted molar refractivity (Wildman–Crippen MR) is 79.1 cm³/mol. The van der Waals surface area contributed by atoms with Crippen LogP contribution >= 0.6 is 31.9 Å². The minimum absolute atomic E-state index is 0.0103. The molecule has 20 heavy (non-hydrogen) atoms. The molecule has 1 heterocycles. The Balaban J connectivity index is 2.38. The van der Waals surface area contributed by atoms with Crippen molar-refractivity contribution in [2.45, 2.75) is 4.90 Å². The maximum atomic E-state index is 13.0. The molecule has 0 spiro atoms. The van der Waals surface area contributed by atoms with Gasteiger partial charge in [0.1, 0.15) is 10.4 Å². The Morgan fingerprint density at radius 3 is 2.60 bits per heavy atom. The van der Waals surface area contributed by atoms with Gasteiger partial charge in [0.25, 0.3) is 10.0 Å². The first-order chi connectivity index (χ1) is 9.29. The van der Waals surface area contributed by atoms with Crippen LogP contribution in [0.2, 0.25) is 0 Å². The minimum atomic E-state index is -3.93. The van der Waals surface area contributed by atoms with Crippen LogP contribution in [0, 0.1) is 5.82 Å². The van der Waals surface area contributed by atoms with Crippen LogP contribution in [-0.4, -0.2) is 18.4 Å². The van der Waals surface area contributed by atoms with Crippen LogP contribution in [-0.2, 0) is 10.0 Å². The lowest BCUT2D eigenvalue weighted by atomic mass is 10.3. The second-order valence-corrected chi connectivity index (χ2v) is 6.87. The van der Waals surface area contributed by atoms with Gasteiger partial charge >= 0.3 is 0 Å². The average molecular weight is 426 g/mol. The summed E-state index contributed by atoms with van der Waals surface area (Å²) in [7, 11) is -3.93. The van der Waals surface area contributed by atoms with E-state index in [2.05, 4.69) is 46.5 Å². The van der Waals surface area contributed by atoms with Gasteiger partial charge in [-0.2, -0.15) is 0 Å². The molecule has 0 fully saturated rings. The van der Waals surface area contributed by atoms with Crippen molar-refractivity contribution < 1.29 is 12.8 Å². The normalized spacial score (nSPS) is 11.3. The van der Waals surface area contributed by atoms with Crippen molar-refractivity contribution in [1.29, 1.82) is 0 Å². The molecule has 6 nitrogen and oxygen atoms in total. The van der Waals surface area contributed by atoms with E-state index in [-0.39, 0.29) is 21.0 Å². The minimum Gasteiger partial charge on any atom is -0.396 e. The maximum absolute atomic E-state index is 13.0. The van der Waals surface area contributed by atoms with Crippen molar-refractivity contribution in [3.05, 3.63) is 39.4 Å². The summed E-state index contributed by atoms with van der Waals surface area (Å²) in [6, 6.07) is 3.11. The van der Waals surface area contributed by atoms with E-state index >= 15 is 0 Å². The number of nitrogens with two attached hydrogens (primary N) is 1. The first-order valence-corrected chi connectivity index (χ1v) is 8.12. The van der Waals surface area contributed by atoms with E-state index in [0.717, 1.165) is 18.2 Å². The summed E-state index contributed by atoms with van der Waals surface area (Å²) in [5.41, 5.74) is 5.09. The monoisotopic (exact) mass is 424 g/mol. The molecular weight excluding hydrogens is 419 g/mol. The highest BCUT2D eigenvalue weighted by molar-refractivity contribution is 9.11. The van der Waals surface area contributed by atoms with Gasteiger partial charge in [-0.25, -0.2) is 22.8 Å². The number of anilines is 2. The number of hydrogen-bond acceptors (Lipinski definition) is 5. The number of halogens is 3. The fourth-order valence-corrected chi connectivity index (χ4v) is 3.38. The summed E-state index contributed by atoms with van der Waals surface area (Å²) in [5.74, 6) is -0.676. The fourth-order valence-electron chi connectivity index (χ4n) is 1.29. The van der Waals surface area contributed by atoms with Crippen molar-refractivity contribution in [3.8, 4) is 0 Å². The van der Waals surface area contributed by atoms with E-state index in [0.29, 0.717) is 4.60 Å². The Bertz CT molecular complexity index is 770. The molecule has 0 aliphatic carbocycles. The quantitative estimate of drug-likeness (QED) is 0.736. The van der Waals surface area contributed by atoms with Gasteiger partial charge in [-0.15, -0.1) is 0 Å². The maximum Gasteiger partial charge on any atom is 0.263 e. The van der Waals surface area contributed by atoms with Crippen LogP contribution in [0.1, 0.15) is 0 Å². The highest BCUT2D eigenvalue weighted by Gasteiger charge is 2.18. The molecule has 0 amide bonds. The lowest BCUT2D eigenvalue weighted by Gasteiger charge is -2.09. The Morgan fingerprint density at radius 1 is 1.30 bits per heavy atom. The zero-order valence-corrected chi connectivity index (χ0v) is 13.6. The average Bonchev–Trinajstić information content (AvgIpc) is 2.36. The number of aromatic nitrogens is 2. The number of rotatable bonds is 3. The topological polar surface area (TPSA) is 98.0 Å². The molecule has 2 rings (SSSR count). The van der Waals surface area contributed by atoms with Crippen molar-refractivity contribution in [1.82, 2.24) is 9.97 Å². The van der Waals surface area contributed by atoms with Crippen LogP contribution in [0.4, 0.5) is 15.9 Å². The SMILES string of the molecule is Nc1cc(S(=O)(=O)Nc2ncc(Br)nc2Br)ccc1F. The molecule has 1 aromatic carbocycles. The third kappa shape index (κ3) is 3.25. The fraction of sp³-hybridized carbons (Fsp3) is 0. The lowest BCUT2D eigenvalue weighted by Crippen LogP contribution is -2.15. The lowest BCUT2D eigenvalue weighted by molar-refractivity contribution is 0.600. The van der Waals surface area contributed by atoms with Gasteiger partial charge in [0, 0.05) is 0 Å². The Labute approximate surface area is 130 Å². The van der Waals surface area contributed by atoms with E-state index in [1.165, 1.54) is 6.20 Å². The number of benzene rings is 1. The number of sulfonamides is 1. The number of hydrogen-bond donors (Lipinski definition) is 2. The second kappa shape index (κ2) is 5.62. The molecule has 0 saturated heterocycles. The van der Waals surface area contributed by atoms with Gasteiger partial charge in [-0.1, -0.05) is 0 Å². The molecule has 0 radical (unpaired) electrons. The van der Waals surface area contributed by atoms with E-state index in [1.807, 2.05) is 0 Å². The van der Waals surface area contributed by atoms with Gasteiger partial charge in [-0.05, 0) is 50.1 Å². The predicted octanol–water partition coefficient (Wildman–Crippen LogP) is 2.52. The highest BCUT2D eigenvalue weighted by Crippen LogP contribution is 2.23. The molecule has 0 atom stereocenters. The Morgan fingerprint density at radius 2 is 2.00 bits per heavy atom. The Kier molecular flexibility index (Phi) is 4.25. The molecule has 106 valence electrons. The molecular formula is C10H7Br2FN4O2S. The van der Waals surface area contributed by atoms with E-state index < -0.39 is 15.8 Å². The molecule has 10 heteroatoms. The molecule has 0 aliphatic heterocycles. The van der Waals surface area contributed by atoms with Crippen molar-refractivity contribution in [3.63, 3.8) is 0 Å². The largest absolute Gasteiger partial charge is 0.396 e. The first kappa shape index (κ1) is 15.1. The van der Waals surface area contributed by atoms with E-state index in [4.69, 9.17) is 5.73 Å². The van der Waals surface area contributed by atoms with Gasteiger partial charge in [-0.3, -0.25) is 4.72 Å². The molecule has 3 N–H and O–H groups in total. The van der Waals surface area contributed by atoms with E-state index in [9.17, 15) is 12.8 Å². The molecule has 0 saturated carbocycles. The molecule has 0 unspecified atom stereocenters. The third-order valence-electron chi connectivity index (χ3n) is 2.21.